The standard InChI is InChI=1S/C20H30O4/c1-12-5-7-16-13(2)20(4,23)10-9-19(16,3)15(12)8-6-14-17(21)11-24-18(14)22/h5-6,13,15-17,21,23H,7-11H2,1-4H3/b14-6+/t13-,15-,16-,17-,19+,20+/m1/s1. The molecular formula is C20H30O4. The van der Waals surface area contributed by atoms with Crippen molar-refractivity contribution in [3.63, 3.8) is 0 Å². The van der Waals surface area contributed by atoms with Gasteiger partial charge >= 0.3 is 5.97 Å². The van der Waals surface area contributed by atoms with Crippen molar-refractivity contribution < 1.29 is 19.7 Å². The van der Waals surface area contributed by atoms with Crippen LogP contribution >= 0.6 is 0 Å². The van der Waals surface area contributed by atoms with Gasteiger partial charge in [-0.15, -0.1) is 0 Å². The van der Waals surface area contributed by atoms with Gasteiger partial charge in [0.15, 0.2) is 0 Å². The van der Waals surface area contributed by atoms with Gasteiger partial charge in [-0.3, -0.25) is 0 Å². The molecule has 3 aliphatic rings. The first-order valence-electron chi connectivity index (χ1n) is 9.11. The predicted molar refractivity (Wildman–Crippen MR) is 92.1 cm³/mol. The largest absolute Gasteiger partial charge is 0.459 e. The number of hydrogen-bond donors (Lipinski definition) is 2. The summed E-state index contributed by atoms with van der Waals surface area (Å²) in [4.78, 5) is 11.7. The van der Waals surface area contributed by atoms with Crippen LogP contribution in [0.2, 0.25) is 0 Å². The van der Waals surface area contributed by atoms with Crippen molar-refractivity contribution in [1.29, 1.82) is 0 Å². The van der Waals surface area contributed by atoms with E-state index in [1.165, 1.54) is 5.57 Å². The number of rotatable bonds is 2. The Morgan fingerprint density at radius 1 is 1.38 bits per heavy atom. The second-order valence-electron chi connectivity index (χ2n) is 8.50. The Labute approximate surface area is 144 Å². The fourth-order valence-electron chi connectivity index (χ4n) is 5.20. The van der Waals surface area contributed by atoms with Crippen LogP contribution in [0.4, 0.5) is 0 Å². The van der Waals surface area contributed by atoms with Crippen LogP contribution in [-0.2, 0) is 9.53 Å². The van der Waals surface area contributed by atoms with E-state index in [1.807, 2.05) is 13.0 Å². The third kappa shape index (κ3) is 2.74. The van der Waals surface area contributed by atoms with E-state index in [2.05, 4.69) is 26.8 Å². The van der Waals surface area contributed by atoms with Gasteiger partial charge in [-0.2, -0.15) is 0 Å². The molecule has 1 heterocycles. The fourth-order valence-corrected chi connectivity index (χ4v) is 5.20. The normalized spacial score (nSPS) is 47.3. The van der Waals surface area contributed by atoms with Gasteiger partial charge in [0.05, 0.1) is 11.2 Å². The number of fused-ring (bicyclic) bond motifs is 1. The van der Waals surface area contributed by atoms with E-state index in [0.717, 1.165) is 25.7 Å². The summed E-state index contributed by atoms with van der Waals surface area (Å²) in [6, 6.07) is 0. The first-order valence-corrected chi connectivity index (χ1v) is 9.11. The van der Waals surface area contributed by atoms with Crippen molar-refractivity contribution in [3.8, 4) is 0 Å². The molecule has 1 saturated heterocycles. The molecule has 0 aromatic heterocycles. The molecule has 0 amide bonds. The SMILES string of the molecule is CC1=CC[C@@H]2[C@@H](C)[C@@](C)(O)CC[C@@]2(C)[C@@H]1C/C=C1/C(=O)OC[C@H]1O. The first kappa shape index (κ1) is 17.7. The van der Waals surface area contributed by atoms with Crippen LogP contribution in [0, 0.1) is 23.2 Å². The van der Waals surface area contributed by atoms with E-state index >= 15 is 0 Å². The van der Waals surface area contributed by atoms with Gasteiger partial charge in [0.25, 0.3) is 0 Å². The summed E-state index contributed by atoms with van der Waals surface area (Å²) in [5, 5.41) is 20.6. The highest BCUT2D eigenvalue weighted by Crippen LogP contribution is 2.58. The second kappa shape index (κ2) is 5.99. The van der Waals surface area contributed by atoms with E-state index < -0.39 is 11.7 Å². The fraction of sp³-hybridized carbons (Fsp3) is 0.750. The molecule has 0 aromatic rings. The van der Waals surface area contributed by atoms with Crippen LogP contribution < -0.4 is 0 Å². The Bertz CT molecular complexity index is 588. The van der Waals surface area contributed by atoms with Gasteiger partial charge in [-0.1, -0.05) is 31.6 Å². The predicted octanol–water partition coefficient (Wildman–Crippen LogP) is 2.99. The molecular weight excluding hydrogens is 304 g/mol. The monoisotopic (exact) mass is 334 g/mol. The van der Waals surface area contributed by atoms with Crippen molar-refractivity contribution in [1.82, 2.24) is 0 Å². The zero-order chi connectivity index (χ0) is 17.7. The smallest absolute Gasteiger partial charge is 0.336 e. The van der Waals surface area contributed by atoms with E-state index in [0.29, 0.717) is 17.4 Å². The molecule has 4 heteroatoms. The highest BCUT2D eigenvalue weighted by Gasteiger charge is 2.53. The van der Waals surface area contributed by atoms with Crippen molar-refractivity contribution in [2.75, 3.05) is 6.61 Å². The van der Waals surface area contributed by atoms with Gasteiger partial charge in [-0.25, -0.2) is 4.79 Å². The number of ether oxygens (including phenoxy) is 1. The number of esters is 1. The van der Waals surface area contributed by atoms with E-state index in [9.17, 15) is 15.0 Å². The molecule has 24 heavy (non-hydrogen) atoms. The third-order valence-corrected chi connectivity index (χ3v) is 7.18. The molecule has 2 fully saturated rings. The lowest BCUT2D eigenvalue weighted by Gasteiger charge is -2.56. The van der Waals surface area contributed by atoms with Crippen molar-refractivity contribution in [2.24, 2.45) is 23.2 Å². The van der Waals surface area contributed by atoms with Gasteiger partial charge in [-0.05, 0) is 62.7 Å². The van der Waals surface area contributed by atoms with Crippen molar-refractivity contribution in [2.45, 2.75) is 65.1 Å². The Morgan fingerprint density at radius 3 is 2.71 bits per heavy atom. The van der Waals surface area contributed by atoms with Gasteiger partial charge < -0.3 is 14.9 Å². The third-order valence-electron chi connectivity index (χ3n) is 7.18. The van der Waals surface area contributed by atoms with Crippen LogP contribution in [0.25, 0.3) is 0 Å². The number of cyclic esters (lactones) is 1. The lowest BCUT2D eigenvalue weighted by molar-refractivity contribution is -0.135. The Balaban J connectivity index is 1.87. The van der Waals surface area contributed by atoms with Gasteiger partial charge in [0.2, 0.25) is 0 Å². The topological polar surface area (TPSA) is 66.8 Å². The maximum atomic E-state index is 11.7. The maximum absolute atomic E-state index is 11.7. The summed E-state index contributed by atoms with van der Waals surface area (Å²) in [5.74, 6) is 0.635. The Hall–Kier alpha value is -1.13. The number of carbonyl (C=O) groups is 1. The van der Waals surface area contributed by atoms with Crippen LogP contribution in [-0.4, -0.2) is 34.5 Å². The average molecular weight is 334 g/mol. The van der Waals surface area contributed by atoms with Crippen molar-refractivity contribution in [3.05, 3.63) is 23.3 Å². The average Bonchev–Trinajstić information content (AvgIpc) is 2.83. The van der Waals surface area contributed by atoms with E-state index in [-0.39, 0.29) is 23.9 Å². The van der Waals surface area contributed by atoms with E-state index in [4.69, 9.17) is 4.74 Å². The van der Waals surface area contributed by atoms with Crippen LogP contribution in [0.1, 0.15) is 53.4 Å². The Morgan fingerprint density at radius 2 is 2.08 bits per heavy atom. The highest BCUT2D eigenvalue weighted by molar-refractivity contribution is 5.91. The molecule has 134 valence electrons. The minimum atomic E-state index is -0.792. The lowest BCUT2D eigenvalue weighted by atomic mass is 9.49. The molecule has 1 aliphatic heterocycles. The minimum absolute atomic E-state index is 0.0734. The number of carbonyl (C=O) groups excluding carboxylic acids is 1. The molecule has 0 unspecified atom stereocenters. The number of hydrogen-bond acceptors (Lipinski definition) is 4. The zero-order valence-corrected chi connectivity index (χ0v) is 15.2. The second-order valence-corrected chi connectivity index (χ2v) is 8.50. The van der Waals surface area contributed by atoms with Gasteiger partial charge in [0, 0.05) is 0 Å². The molecule has 0 bridgehead atoms. The summed E-state index contributed by atoms with van der Waals surface area (Å²) >= 11 is 0. The quantitative estimate of drug-likeness (QED) is 0.463. The van der Waals surface area contributed by atoms with Gasteiger partial charge in [0.1, 0.15) is 12.7 Å². The molecule has 0 spiro atoms. The zero-order valence-electron chi connectivity index (χ0n) is 15.2. The lowest BCUT2D eigenvalue weighted by Crippen LogP contribution is -2.53. The molecule has 4 nitrogen and oxygen atoms in total. The summed E-state index contributed by atoms with van der Waals surface area (Å²) in [5.41, 5.74) is 1.28. The number of allylic oxidation sites excluding steroid dienone is 3. The molecule has 2 aliphatic carbocycles. The highest BCUT2D eigenvalue weighted by atomic mass is 16.6. The first-order chi connectivity index (χ1) is 11.2. The molecule has 0 aromatic carbocycles. The molecule has 6 atom stereocenters. The van der Waals surface area contributed by atoms with Crippen LogP contribution in [0.5, 0.6) is 0 Å². The molecule has 2 N–H and O–H groups in total. The maximum Gasteiger partial charge on any atom is 0.336 e. The Kier molecular flexibility index (Phi) is 4.42. The molecule has 0 radical (unpaired) electrons. The van der Waals surface area contributed by atoms with E-state index in [1.54, 1.807) is 0 Å². The summed E-state index contributed by atoms with van der Waals surface area (Å²) in [7, 11) is 0. The summed E-state index contributed by atoms with van der Waals surface area (Å²) in [6.45, 7) is 8.72. The number of aliphatic hydroxyl groups is 2. The van der Waals surface area contributed by atoms with Crippen LogP contribution in [0.3, 0.4) is 0 Å². The molecule has 3 rings (SSSR count). The summed E-state index contributed by atoms with van der Waals surface area (Å²) < 4.78 is 4.92. The van der Waals surface area contributed by atoms with Crippen LogP contribution in [0.15, 0.2) is 23.3 Å². The minimum Gasteiger partial charge on any atom is -0.459 e. The summed E-state index contributed by atoms with van der Waals surface area (Å²) in [6.07, 6.45) is 6.94. The van der Waals surface area contributed by atoms with Crippen molar-refractivity contribution >= 4 is 5.97 Å². The number of aliphatic hydroxyl groups excluding tert-OH is 1. The molecule has 1 saturated carbocycles.